The first-order valence-corrected chi connectivity index (χ1v) is 11.5. The molecule has 0 aliphatic carbocycles. The van der Waals surface area contributed by atoms with Gasteiger partial charge in [-0.05, 0) is 48.9 Å². The number of carbonyl (C=O) groups is 1. The Labute approximate surface area is 182 Å². The van der Waals surface area contributed by atoms with Crippen LogP contribution in [-0.4, -0.2) is 46.2 Å². The predicted octanol–water partition coefficient (Wildman–Crippen LogP) is 5.28. The van der Waals surface area contributed by atoms with E-state index in [1.165, 1.54) is 11.1 Å². The van der Waals surface area contributed by atoms with Gasteiger partial charge in [-0.15, -0.1) is 11.8 Å². The molecule has 2 aliphatic rings. The number of anilines is 1. The van der Waals surface area contributed by atoms with E-state index in [2.05, 4.69) is 44.3 Å². The number of likely N-dealkylation sites (tertiary alicyclic amines) is 1. The van der Waals surface area contributed by atoms with Gasteiger partial charge in [-0.3, -0.25) is 4.99 Å². The van der Waals surface area contributed by atoms with Crippen LogP contribution >= 0.6 is 11.8 Å². The second kappa shape index (κ2) is 8.64. The van der Waals surface area contributed by atoms with Crippen molar-refractivity contribution in [2.75, 3.05) is 24.2 Å². The van der Waals surface area contributed by atoms with Crippen LogP contribution < -0.4 is 5.32 Å². The molecule has 0 saturated carbocycles. The number of para-hydroxylation sites is 1. The van der Waals surface area contributed by atoms with E-state index in [9.17, 15) is 4.79 Å². The summed E-state index contributed by atoms with van der Waals surface area (Å²) in [6, 6.07) is 16.0. The van der Waals surface area contributed by atoms with Crippen molar-refractivity contribution in [1.82, 2.24) is 4.90 Å². The lowest BCUT2D eigenvalue weighted by Gasteiger charge is -2.35. The van der Waals surface area contributed by atoms with E-state index in [4.69, 9.17) is 9.98 Å². The minimum Gasteiger partial charge on any atom is -0.324 e. The SMILES string of the molecule is CCSC1=NC2(CCN(C(=O)Nc3ccccc3)CC2)N=C1c1ccc(C)c(C)c1. The van der Waals surface area contributed by atoms with E-state index in [1.807, 2.05) is 35.2 Å². The smallest absolute Gasteiger partial charge is 0.321 e. The average Bonchev–Trinajstić information content (AvgIpc) is 3.09. The molecule has 30 heavy (non-hydrogen) atoms. The molecule has 0 aromatic heterocycles. The number of nitrogens with zero attached hydrogens (tertiary/aromatic N) is 3. The first-order valence-electron chi connectivity index (χ1n) is 10.5. The zero-order valence-corrected chi connectivity index (χ0v) is 18.6. The van der Waals surface area contributed by atoms with E-state index in [0.717, 1.165) is 40.6 Å². The first kappa shape index (κ1) is 20.7. The molecule has 2 heterocycles. The topological polar surface area (TPSA) is 57.1 Å². The summed E-state index contributed by atoms with van der Waals surface area (Å²) in [5, 5.41) is 4.01. The Balaban J connectivity index is 1.50. The molecule has 2 aliphatic heterocycles. The van der Waals surface area contributed by atoms with Gasteiger partial charge in [0.2, 0.25) is 0 Å². The maximum atomic E-state index is 12.6. The number of carbonyl (C=O) groups excluding carboxylic acids is 1. The minimum absolute atomic E-state index is 0.0560. The fourth-order valence-electron chi connectivity index (χ4n) is 3.85. The lowest BCUT2D eigenvalue weighted by molar-refractivity contribution is 0.175. The molecule has 156 valence electrons. The maximum absolute atomic E-state index is 12.6. The summed E-state index contributed by atoms with van der Waals surface area (Å²) >= 11 is 1.75. The molecule has 2 aromatic carbocycles. The summed E-state index contributed by atoms with van der Waals surface area (Å²) in [5.41, 5.74) is 5.08. The fraction of sp³-hybridized carbons (Fsp3) is 0.375. The fourth-order valence-corrected chi connectivity index (χ4v) is 4.66. The number of nitrogens with one attached hydrogen (secondary N) is 1. The van der Waals surface area contributed by atoms with Gasteiger partial charge in [-0.25, -0.2) is 9.79 Å². The Morgan fingerprint density at radius 1 is 1.07 bits per heavy atom. The van der Waals surface area contributed by atoms with Gasteiger partial charge in [0.15, 0.2) is 5.66 Å². The van der Waals surface area contributed by atoms with E-state index in [0.29, 0.717) is 13.1 Å². The highest BCUT2D eigenvalue weighted by Crippen LogP contribution is 2.36. The van der Waals surface area contributed by atoms with Crippen LogP contribution in [0.4, 0.5) is 10.5 Å². The molecular formula is C24H28N4OS. The van der Waals surface area contributed by atoms with Crippen LogP contribution in [0.15, 0.2) is 58.5 Å². The molecule has 5 nitrogen and oxygen atoms in total. The second-order valence-electron chi connectivity index (χ2n) is 7.88. The average molecular weight is 421 g/mol. The molecule has 2 amide bonds. The van der Waals surface area contributed by atoms with Gasteiger partial charge in [-0.2, -0.15) is 0 Å². The number of amides is 2. The van der Waals surface area contributed by atoms with Gasteiger partial charge in [0.25, 0.3) is 0 Å². The van der Waals surface area contributed by atoms with Gasteiger partial charge >= 0.3 is 6.03 Å². The number of aryl methyl sites for hydroxylation is 2. The molecule has 1 N–H and O–H groups in total. The van der Waals surface area contributed by atoms with E-state index < -0.39 is 5.66 Å². The number of urea groups is 1. The van der Waals surface area contributed by atoms with Gasteiger partial charge in [0.05, 0.1) is 5.71 Å². The first-order chi connectivity index (χ1) is 14.5. The molecule has 0 bridgehead atoms. The van der Waals surface area contributed by atoms with Crippen LogP contribution in [0.5, 0.6) is 0 Å². The Kier molecular flexibility index (Phi) is 5.95. The standard InChI is InChI=1S/C24H28N4OS/c1-4-30-22-21(19-11-10-17(2)18(3)16-19)26-24(27-22)12-14-28(15-13-24)23(29)25-20-8-6-5-7-9-20/h5-11,16H,4,12-15H2,1-3H3,(H,25,29). The van der Waals surface area contributed by atoms with Crippen molar-refractivity contribution in [2.24, 2.45) is 9.98 Å². The lowest BCUT2D eigenvalue weighted by atomic mass is 9.98. The van der Waals surface area contributed by atoms with Crippen LogP contribution in [0, 0.1) is 13.8 Å². The minimum atomic E-state index is -0.435. The Bertz CT molecular complexity index is 992. The van der Waals surface area contributed by atoms with Crippen molar-refractivity contribution in [3.63, 3.8) is 0 Å². The molecule has 1 spiro atoms. The van der Waals surface area contributed by atoms with Gasteiger partial charge in [0.1, 0.15) is 5.04 Å². The Hall–Kier alpha value is -2.60. The molecule has 4 rings (SSSR count). The third-order valence-electron chi connectivity index (χ3n) is 5.77. The summed E-state index contributed by atoms with van der Waals surface area (Å²) in [7, 11) is 0. The van der Waals surface area contributed by atoms with E-state index >= 15 is 0 Å². The van der Waals surface area contributed by atoms with Crippen LogP contribution in [-0.2, 0) is 0 Å². The van der Waals surface area contributed by atoms with Crippen molar-refractivity contribution < 1.29 is 4.79 Å². The summed E-state index contributed by atoms with van der Waals surface area (Å²) in [6.07, 6.45) is 1.49. The number of piperidine rings is 1. The normalized spacial score (nSPS) is 17.6. The zero-order valence-electron chi connectivity index (χ0n) is 17.8. The lowest BCUT2D eigenvalue weighted by Crippen LogP contribution is -2.46. The summed E-state index contributed by atoms with van der Waals surface area (Å²) in [6.45, 7) is 7.71. The van der Waals surface area contributed by atoms with Crippen LogP contribution in [0.2, 0.25) is 0 Å². The highest BCUT2D eigenvalue weighted by molar-refractivity contribution is 8.15. The second-order valence-corrected chi connectivity index (χ2v) is 9.13. The number of hydrogen-bond donors (Lipinski definition) is 1. The number of rotatable bonds is 3. The number of benzene rings is 2. The third-order valence-corrected chi connectivity index (χ3v) is 6.62. The van der Waals surface area contributed by atoms with E-state index in [-0.39, 0.29) is 6.03 Å². The van der Waals surface area contributed by atoms with Crippen molar-refractivity contribution in [2.45, 2.75) is 39.3 Å². The van der Waals surface area contributed by atoms with Crippen LogP contribution in [0.3, 0.4) is 0 Å². The third kappa shape index (κ3) is 4.29. The van der Waals surface area contributed by atoms with Crippen molar-refractivity contribution in [3.8, 4) is 0 Å². The van der Waals surface area contributed by atoms with Crippen molar-refractivity contribution >= 4 is 34.2 Å². The summed E-state index contributed by atoms with van der Waals surface area (Å²) in [4.78, 5) is 24.7. The molecule has 0 radical (unpaired) electrons. The van der Waals surface area contributed by atoms with E-state index in [1.54, 1.807) is 11.8 Å². The summed E-state index contributed by atoms with van der Waals surface area (Å²) in [5.74, 6) is 0.963. The number of aliphatic imine (C=N–C) groups is 2. The molecule has 1 saturated heterocycles. The number of thioether (sulfide) groups is 1. The highest BCUT2D eigenvalue weighted by Gasteiger charge is 2.40. The molecule has 0 atom stereocenters. The van der Waals surface area contributed by atoms with Crippen LogP contribution in [0.1, 0.15) is 36.5 Å². The predicted molar refractivity (Wildman–Crippen MR) is 127 cm³/mol. The molecular weight excluding hydrogens is 392 g/mol. The molecule has 6 heteroatoms. The largest absolute Gasteiger partial charge is 0.324 e. The molecule has 2 aromatic rings. The Morgan fingerprint density at radius 2 is 1.80 bits per heavy atom. The summed E-state index contributed by atoms with van der Waals surface area (Å²) < 4.78 is 0. The van der Waals surface area contributed by atoms with Crippen molar-refractivity contribution in [3.05, 3.63) is 65.2 Å². The quantitative estimate of drug-likeness (QED) is 0.734. The number of hydrogen-bond acceptors (Lipinski definition) is 4. The van der Waals surface area contributed by atoms with Gasteiger partial charge < -0.3 is 10.2 Å². The molecule has 1 fully saturated rings. The van der Waals surface area contributed by atoms with Gasteiger partial charge in [0, 0.05) is 37.2 Å². The van der Waals surface area contributed by atoms with Gasteiger partial charge in [-0.1, -0.05) is 37.3 Å². The van der Waals surface area contributed by atoms with Crippen LogP contribution in [0.25, 0.3) is 0 Å². The molecule has 0 unspecified atom stereocenters. The van der Waals surface area contributed by atoms with Crippen molar-refractivity contribution in [1.29, 1.82) is 0 Å². The highest BCUT2D eigenvalue weighted by atomic mass is 32.2. The monoisotopic (exact) mass is 420 g/mol. The Morgan fingerprint density at radius 3 is 2.47 bits per heavy atom. The maximum Gasteiger partial charge on any atom is 0.321 e. The zero-order chi connectivity index (χ0) is 21.1.